The highest BCUT2D eigenvalue weighted by molar-refractivity contribution is 4.98. The minimum absolute atomic E-state index is 0.793. The number of hydrogen-bond acceptors (Lipinski definition) is 1. The average Bonchev–Trinajstić information content (AvgIpc) is 2.49. The van der Waals surface area contributed by atoms with Crippen molar-refractivity contribution in [2.75, 3.05) is 6.54 Å². The van der Waals surface area contributed by atoms with Crippen LogP contribution in [0.2, 0.25) is 0 Å². The van der Waals surface area contributed by atoms with Gasteiger partial charge in [-0.05, 0) is 44.6 Å². The Bertz CT molecular complexity index is 116. The largest absolute Gasteiger partial charge is 0.314 e. The van der Waals surface area contributed by atoms with E-state index >= 15 is 0 Å². The van der Waals surface area contributed by atoms with Crippen LogP contribution in [0.5, 0.6) is 0 Å². The summed E-state index contributed by atoms with van der Waals surface area (Å²) in [5, 5.41) is 3.48. The topological polar surface area (TPSA) is 12.0 Å². The lowest BCUT2D eigenvalue weighted by Gasteiger charge is -2.27. The lowest BCUT2D eigenvalue weighted by molar-refractivity contribution is 0.296. The molecule has 1 heterocycles. The van der Waals surface area contributed by atoms with Crippen molar-refractivity contribution in [1.29, 1.82) is 0 Å². The second-order valence-corrected chi connectivity index (χ2v) is 3.81. The Morgan fingerprint density at radius 3 is 2.56 bits per heavy atom. The maximum atomic E-state index is 3.48. The van der Waals surface area contributed by atoms with E-state index in [2.05, 4.69) is 12.2 Å². The highest BCUT2D eigenvalue weighted by atomic mass is 14.9. The van der Waals surface area contributed by atoms with Crippen LogP contribution in [0.1, 0.15) is 32.6 Å². The van der Waals surface area contributed by atoms with Crippen molar-refractivity contribution in [3.05, 3.63) is 0 Å². The predicted octanol–water partition coefficient (Wildman–Crippen LogP) is 1.54. The molecule has 0 bridgehead atoms. The molecule has 1 saturated carbocycles. The predicted molar refractivity (Wildman–Crippen MR) is 38.4 cm³/mol. The highest BCUT2D eigenvalue weighted by Gasteiger charge is 2.44. The number of nitrogens with one attached hydrogen (secondary N) is 1. The van der Waals surface area contributed by atoms with Crippen LogP contribution < -0.4 is 5.32 Å². The molecule has 0 aromatic heterocycles. The van der Waals surface area contributed by atoms with E-state index in [-0.39, 0.29) is 0 Å². The third-order valence-corrected chi connectivity index (χ3v) is 2.84. The standard InChI is InChI=1S/C8H15N/c1-7-6-8(2-3-8)4-5-9-7/h7,9H,2-6H2,1H3/t7-/m0/s1. The van der Waals surface area contributed by atoms with Crippen LogP contribution in [-0.2, 0) is 0 Å². The van der Waals surface area contributed by atoms with Crippen LogP contribution in [0, 0.1) is 5.41 Å². The zero-order chi connectivity index (χ0) is 6.32. The Morgan fingerprint density at radius 1 is 1.33 bits per heavy atom. The molecule has 2 aliphatic rings. The van der Waals surface area contributed by atoms with Crippen LogP contribution in [0.3, 0.4) is 0 Å². The molecule has 1 atom stereocenters. The van der Waals surface area contributed by atoms with Crippen LogP contribution in [-0.4, -0.2) is 12.6 Å². The van der Waals surface area contributed by atoms with Crippen molar-refractivity contribution in [3.63, 3.8) is 0 Å². The van der Waals surface area contributed by atoms with Gasteiger partial charge in [0.2, 0.25) is 0 Å². The van der Waals surface area contributed by atoms with Gasteiger partial charge < -0.3 is 5.32 Å². The third-order valence-electron chi connectivity index (χ3n) is 2.84. The zero-order valence-electron chi connectivity index (χ0n) is 6.11. The molecule has 0 unspecified atom stereocenters. The summed E-state index contributed by atoms with van der Waals surface area (Å²) in [6, 6.07) is 0.793. The molecule has 52 valence electrons. The van der Waals surface area contributed by atoms with E-state index in [0.717, 1.165) is 11.5 Å². The van der Waals surface area contributed by atoms with E-state index in [4.69, 9.17) is 0 Å². The summed E-state index contributed by atoms with van der Waals surface area (Å²) in [7, 11) is 0. The molecule has 1 aliphatic heterocycles. The normalized spacial score (nSPS) is 39.0. The van der Waals surface area contributed by atoms with Crippen molar-refractivity contribution >= 4 is 0 Å². The van der Waals surface area contributed by atoms with Gasteiger partial charge >= 0.3 is 0 Å². The van der Waals surface area contributed by atoms with E-state index in [1.54, 1.807) is 0 Å². The van der Waals surface area contributed by atoms with Crippen molar-refractivity contribution in [3.8, 4) is 0 Å². The third kappa shape index (κ3) is 0.983. The molecule has 1 N–H and O–H groups in total. The van der Waals surface area contributed by atoms with Gasteiger partial charge in [-0.2, -0.15) is 0 Å². The van der Waals surface area contributed by atoms with E-state index in [1.165, 1.54) is 32.2 Å². The van der Waals surface area contributed by atoms with E-state index < -0.39 is 0 Å². The fourth-order valence-electron chi connectivity index (χ4n) is 2.04. The molecule has 0 radical (unpaired) electrons. The fourth-order valence-corrected chi connectivity index (χ4v) is 2.04. The minimum atomic E-state index is 0.793. The molecular formula is C8H15N. The molecule has 1 nitrogen and oxygen atoms in total. The molecule has 1 spiro atoms. The summed E-state index contributed by atoms with van der Waals surface area (Å²) < 4.78 is 0. The van der Waals surface area contributed by atoms with Gasteiger partial charge in [0.15, 0.2) is 0 Å². The number of piperidine rings is 1. The van der Waals surface area contributed by atoms with Gasteiger partial charge in [0.25, 0.3) is 0 Å². The Morgan fingerprint density at radius 2 is 2.11 bits per heavy atom. The van der Waals surface area contributed by atoms with Gasteiger partial charge in [0.05, 0.1) is 0 Å². The van der Waals surface area contributed by atoms with Gasteiger partial charge in [-0.15, -0.1) is 0 Å². The first-order chi connectivity index (χ1) is 4.31. The highest BCUT2D eigenvalue weighted by Crippen LogP contribution is 2.53. The first-order valence-corrected chi connectivity index (χ1v) is 4.04. The van der Waals surface area contributed by atoms with Crippen LogP contribution in [0.25, 0.3) is 0 Å². The summed E-state index contributed by atoms with van der Waals surface area (Å²) in [5.41, 5.74) is 0.838. The van der Waals surface area contributed by atoms with Gasteiger partial charge in [-0.3, -0.25) is 0 Å². The lowest BCUT2D eigenvalue weighted by atomic mass is 9.90. The Labute approximate surface area is 56.8 Å². The molecule has 0 aromatic rings. The second kappa shape index (κ2) is 1.72. The maximum Gasteiger partial charge on any atom is 0.00440 e. The van der Waals surface area contributed by atoms with Crippen LogP contribution in [0.4, 0.5) is 0 Å². The lowest BCUT2D eigenvalue weighted by Crippen LogP contribution is -2.36. The molecule has 1 saturated heterocycles. The smallest absolute Gasteiger partial charge is 0.00440 e. The molecule has 0 aromatic carbocycles. The van der Waals surface area contributed by atoms with Crippen molar-refractivity contribution in [2.45, 2.75) is 38.6 Å². The van der Waals surface area contributed by atoms with Gasteiger partial charge in [0, 0.05) is 6.04 Å². The van der Waals surface area contributed by atoms with Crippen LogP contribution >= 0.6 is 0 Å². The molecule has 1 heteroatoms. The van der Waals surface area contributed by atoms with E-state index in [9.17, 15) is 0 Å². The number of rotatable bonds is 0. The first kappa shape index (κ1) is 5.72. The zero-order valence-corrected chi connectivity index (χ0v) is 6.11. The maximum absolute atomic E-state index is 3.48. The molecule has 0 amide bonds. The summed E-state index contributed by atoms with van der Waals surface area (Å²) in [6.07, 6.45) is 5.91. The Balaban J connectivity index is 1.96. The molecule has 9 heavy (non-hydrogen) atoms. The molecule has 2 rings (SSSR count). The summed E-state index contributed by atoms with van der Waals surface area (Å²) in [4.78, 5) is 0. The SMILES string of the molecule is C[C@H]1CC2(CCN1)CC2. The fraction of sp³-hybridized carbons (Fsp3) is 1.00. The quantitative estimate of drug-likeness (QED) is 0.518. The van der Waals surface area contributed by atoms with Crippen molar-refractivity contribution in [1.82, 2.24) is 5.32 Å². The molecule has 2 fully saturated rings. The summed E-state index contributed by atoms with van der Waals surface area (Å²) >= 11 is 0. The Hall–Kier alpha value is -0.0400. The molecule has 1 aliphatic carbocycles. The van der Waals surface area contributed by atoms with Crippen molar-refractivity contribution < 1.29 is 0 Å². The second-order valence-electron chi connectivity index (χ2n) is 3.81. The average molecular weight is 125 g/mol. The van der Waals surface area contributed by atoms with Crippen molar-refractivity contribution in [2.24, 2.45) is 5.41 Å². The number of hydrogen-bond donors (Lipinski definition) is 1. The molecular weight excluding hydrogens is 110 g/mol. The Kier molecular flexibility index (Phi) is 1.10. The van der Waals surface area contributed by atoms with E-state index in [0.29, 0.717) is 0 Å². The monoisotopic (exact) mass is 125 g/mol. The summed E-state index contributed by atoms with van der Waals surface area (Å²) in [5.74, 6) is 0. The van der Waals surface area contributed by atoms with Gasteiger partial charge in [-0.1, -0.05) is 0 Å². The van der Waals surface area contributed by atoms with Crippen LogP contribution in [0.15, 0.2) is 0 Å². The van der Waals surface area contributed by atoms with E-state index in [1.807, 2.05) is 0 Å². The minimum Gasteiger partial charge on any atom is -0.314 e. The first-order valence-electron chi connectivity index (χ1n) is 4.04. The van der Waals surface area contributed by atoms with Gasteiger partial charge in [0.1, 0.15) is 0 Å². The van der Waals surface area contributed by atoms with Gasteiger partial charge in [-0.25, -0.2) is 0 Å². The summed E-state index contributed by atoms with van der Waals surface area (Å²) in [6.45, 7) is 3.57.